The molecule has 0 unspecified atom stereocenters. The summed E-state index contributed by atoms with van der Waals surface area (Å²) < 4.78 is 27.9. The van der Waals surface area contributed by atoms with Crippen LogP contribution in [0.25, 0.3) is 10.9 Å². The maximum Gasteiger partial charge on any atom is 0.268 e. The molecule has 0 aliphatic carbocycles. The summed E-state index contributed by atoms with van der Waals surface area (Å²) in [7, 11) is -3.95. The van der Waals surface area contributed by atoms with Gasteiger partial charge in [-0.1, -0.05) is 54.6 Å². The third-order valence-corrected chi connectivity index (χ3v) is 6.88. The van der Waals surface area contributed by atoms with Crippen molar-refractivity contribution in [2.45, 2.75) is 17.7 Å². The SMILES string of the molecule is O=C(NCCCC(=O)c1cc2ccccc2n1S(=O)(=O)c1ccccc1)c1ccccc1. The molecule has 0 bridgehead atoms. The molecule has 0 saturated heterocycles. The minimum atomic E-state index is -3.95. The molecule has 3 aromatic carbocycles. The van der Waals surface area contributed by atoms with Gasteiger partial charge in [-0.15, -0.1) is 0 Å². The molecule has 0 radical (unpaired) electrons. The second kappa shape index (κ2) is 9.20. The predicted molar refractivity (Wildman–Crippen MR) is 123 cm³/mol. The molecular formula is C25H22N2O4S. The van der Waals surface area contributed by atoms with Crippen LogP contribution >= 0.6 is 0 Å². The molecule has 32 heavy (non-hydrogen) atoms. The summed E-state index contributed by atoms with van der Waals surface area (Å²) in [5.74, 6) is -0.506. The Morgan fingerprint density at radius 2 is 1.44 bits per heavy atom. The van der Waals surface area contributed by atoms with Crippen molar-refractivity contribution >= 4 is 32.6 Å². The van der Waals surface area contributed by atoms with Gasteiger partial charge in [0.05, 0.1) is 10.4 Å². The predicted octanol–water partition coefficient (Wildman–Crippen LogP) is 4.27. The first-order valence-electron chi connectivity index (χ1n) is 10.3. The molecule has 0 saturated carbocycles. The highest BCUT2D eigenvalue weighted by molar-refractivity contribution is 7.90. The number of carbonyl (C=O) groups excluding carboxylic acids is 2. The lowest BCUT2D eigenvalue weighted by Gasteiger charge is -2.11. The number of hydrogen-bond acceptors (Lipinski definition) is 4. The molecule has 1 aromatic heterocycles. The fourth-order valence-corrected chi connectivity index (χ4v) is 5.10. The Balaban J connectivity index is 1.54. The van der Waals surface area contributed by atoms with Gasteiger partial charge in [0.2, 0.25) is 0 Å². The van der Waals surface area contributed by atoms with Crippen molar-refractivity contribution in [1.29, 1.82) is 0 Å². The highest BCUT2D eigenvalue weighted by atomic mass is 32.2. The number of amides is 1. The normalized spacial score (nSPS) is 11.4. The minimum absolute atomic E-state index is 0.107. The van der Waals surface area contributed by atoms with Crippen molar-refractivity contribution in [3.05, 3.63) is 102 Å². The third kappa shape index (κ3) is 4.33. The van der Waals surface area contributed by atoms with E-state index < -0.39 is 10.0 Å². The minimum Gasteiger partial charge on any atom is -0.352 e. The largest absolute Gasteiger partial charge is 0.352 e. The van der Waals surface area contributed by atoms with Crippen LogP contribution in [0.3, 0.4) is 0 Å². The number of fused-ring (bicyclic) bond motifs is 1. The topological polar surface area (TPSA) is 85.2 Å². The molecule has 1 amide bonds. The van der Waals surface area contributed by atoms with Crippen molar-refractivity contribution < 1.29 is 18.0 Å². The molecule has 1 N–H and O–H groups in total. The Hall–Kier alpha value is -3.71. The lowest BCUT2D eigenvalue weighted by Crippen LogP contribution is -2.25. The van der Waals surface area contributed by atoms with Gasteiger partial charge in [-0.3, -0.25) is 9.59 Å². The zero-order chi connectivity index (χ0) is 22.6. The summed E-state index contributed by atoms with van der Waals surface area (Å²) in [4.78, 5) is 25.3. The van der Waals surface area contributed by atoms with E-state index >= 15 is 0 Å². The van der Waals surface area contributed by atoms with Gasteiger partial charge in [-0.05, 0) is 42.8 Å². The van der Waals surface area contributed by atoms with Crippen molar-refractivity contribution in [1.82, 2.24) is 9.29 Å². The zero-order valence-corrected chi connectivity index (χ0v) is 18.1. The molecule has 162 valence electrons. The molecule has 0 aliphatic heterocycles. The molecule has 0 fully saturated rings. The Morgan fingerprint density at radius 1 is 0.812 bits per heavy atom. The maximum absolute atomic E-state index is 13.4. The second-order valence-corrected chi connectivity index (χ2v) is 9.11. The monoisotopic (exact) mass is 446 g/mol. The van der Waals surface area contributed by atoms with Crippen LogP contribution in [0, 0.1) is 0 Å². The molecule has 0 spiro atoms. The van der Waals surface area contributed by atoms with Gasteiger partial charge in [0, 0.05) is 23.9 Å². The van der Waals surface area contributed by atoms with E-state index in [1.54, 1.807) is 72.8 Å². The number of aromatic nitrogens is 1. The van der Waals surface area contributed by atoms with E-state index in [-0.39, 0.29) is 28.7 Å². The van der Waals surface area contributed by atoms with Crippen LogP contribution in [0.5, 0.6) is 0 Å². The number of hydrogen-bond donors (Lipinski definition) is 1. The first-order chi connectivity index (χ1) is 15.5. The number of carbonyl (C=O) groups is 2. The van der Waals surface area contributed by atoms with Gasteiger partial charge in [0.15, 0.2) is 5.78 Å². The smallest absolute Gasteiger partial charge is 0.268 e. The summed E-state index contributed by atoms with van der Waals surface area (Å²) in [6, 6.07) is 25.5. The first-order valence-corrected chi connectivity index (χ1v) is 11.7. The van der Waals surface area contributed by atoms with Gasteiger partial charge >= 0.3 is 0 Å². The van der Waals surface area contributed by atoms with Gasteiger partial charge in [0.25, 0.3) is 15.9 Å². The number of Topliss-reactive ketones (excluding diaryl/α,β-unsaturated/α-hetero) is 1. The fraction of sp³-hybridized carbons (Fsp3) is 0.120. The molecular weight excluding hydrogens is 424 g/mol. The quantitative estimate of drug-likeness (QED) is 0.324. The summed E-state index contributed by atoms with van der Waals surface area (Å²) in [6.45, 7) is 0.311. The summed E-state index contributed by atoms with van der Waals surface area (Å²) in [6.07, 6.45) is 0.500. The molecule has 4 aromatic rings. The molecule has 0 atom stereocenters. The summed E-state index contributed by atoms with van der Waals surface area (Å²) >= 11 is 0. The summed E-state index contributed by atoms with van der Waals surface area (Å²) in [5, 5.41) is 3.46. The third-order valence-electron chi connectivity index (χ3n) is 5.14. The average Bonchev–Trinajstić information content (AvgIpc) is 3.23. The van der Waals surface area contributed by atoms with Crippen LogP contribution < -0.4 is 5.32 Å². The van der Waals surface area contributed by atoms with E-state index in [9.17, 15) is 18.0 Å². The zero-order valence-electron chi connectivity index (χ0n) is 17.3. The van der Waals surface area contributed by atoms with Gasteiger partial charge in [0.1, 0.15) is 5.69 Å². The average molecular weight is 447 g/mol. The molecule has 4 rings (SSSR count). The van der Waals surface area contributed by atoms with E-state index in [0.29, 0.717) is 29.4 Å². The molecule has 6 nitrogen and oxygen atoms in total. The van der Waals surface area contributed by atoms with Gasteiger partial charge < -0.3 is 5.32 Å². The van der Waals surface area contributed by atoms with Crippen molar-refractivity contribution in [2.24, 2.45) is 0 Å². The number of nitrogens with one attached hydrogen (secondary N) is 1. The fourth-order valence-electron chi connectivity index (χ4n) is 3.55. The number of benzene rings is 3. The Morgan fingerprint density at radius 3 is 2.16 bits per heavy atom. The van der Waals surface area contributed by atoms with Crippen LogP contribution in [0.4, 0.5) is 0 Å². The Bertz CT molecular complexity index is 1360. The molecule has 7 heteroatoms. The van der Waals surface area contributed by atoms with E-state index in [1.165, 1.54) is 12.1 Å². The van der Waals surface area contributed by atoms with Gasteiger partial charge in [-0.2, -0.15) is 0 Å². The van der Waals surface area contributed by atoms with Crippen molar-refractivity contribution in [3.8, 4) is 0 Å². The number of nitrogens with zero attached hydrogens (tertiary/aromatic N) is 1. The number of ketones is 1. The first kappa shape index (κ1) is 21.5. The van der Waals surface area contributed by atoms with Crippen LogP contribution in [0.2, 0.25) is 0 Å². The molecule has 1 heterocycles. The Kier molecular flexibility index (Phi) is 6.18. The highest BCUT2D eigenvalue weighted by Gasteiger charge is 2.25. The van der Waals surface area contributed by atoms with E-state index in [4.69, 9.17) is 0 Å². The lowest BCUT2D eigenvalue weighted by atomic mass is 10.1. The van der Waals surface area contributed by atoms with Crippen LogP contribution in [0.1, 0.15) is 33.7 Å². The van der Waals surface area contributed by atoms with Crippen LogP contribution in [0.15, 0.2) is 95.9 Å². The number of para-hydroxylation sites is 1. The number of rotatable bonds is 8. The standard InChI is InChI=1S/C25H22N2O4S/c28-24(16-9-17-26-25(29)19-10-3-1-4-11-19)23-18-20-12-7-8-15-22(20)27(23)32(30,31)21-13-5-2-6-14-21/h1-8,10-15,18H,9,16-17H2,(H,26,29). The summed E-state index contributed by atoms with van der Waals surface area (Å²) in [5.41, 5.74) is 1.12. The van der Waals surface area contributed by atoms with Crippen LogP contribution in [-0.4, -0.2) is 30.6 Å². The van der Waals surface area contributed by atoms with Crippen LogP contribution in [-0.2, 0) is 10.0 Å². The maximum atomic E-state index is 13.4. The van der Waals surface area contributed by atoms with E-state index in [1.807, 2.05) is 6.07 Å². The van der Waals surface area contributed by atoms with E-state index in [0.717, 1.165) is 3.97 Å². The second-order valence-electron chi connectivity index (χ2n) is 7.32. The molecule has 0 aliphatic rings. The van der Waals surface area contributed by atoms with E-state index in [2.05, 4.69) is 5.32 Å². The van der Waals surface area contributed by atoms with Gasteiger partial charge in [-0.25, -0.2) is 12.4 Å². The van der Waals surface area contributed by atoms with Crippen molar-refractivity contribution in [2.75, 3.05) is 6.54 Å². The lowest BCUT2D eigenvalue weighted by molar-refractivity contribution is 0.0936. The van der Waals surface area contributed by atoms with Crippen molar-refractivity contribution in [3.63, 3.8) is 0 Å². The highest BCUT2D eigenvalue weighted by Crippen LogP contribution is 2.26. The Labute approximate surface area is 186 Å².